The van der Waals surface area contributed by atoms with E-state index < -0.39 is 24.5 Å². The summed E-state index contributed by atoms with van der Waals surface area (Å²) in [7, 11) is 1.31. The number of halogens is 3. The number of ether oxygens (including phenoxy) is 1. The summed E-state index contributed by atoms with van der Waals surface area (Å²) in [5.41, 5.74) is 2.62. The van der Waals surface area contributed by atoms with Crippen molar-refractivity contribution in [1.29, 1.82) is 0 Å². The van der Waals surface area contributed by atoms with E-state index in [0.717, 1.165) is 11.1 Å². The fourth-order valence-corrected chi connectivity index (χ4v) is 3.39. The molecular formula is C21H20F3NO3. The average molecular weight is 391 g/mol. The number of rotatable bonds is 4. The number of carbonyl (C=O) groups excluding carboxylic acids is 2. The second-order valence-electron chi connectivity index (χ2n) is 6.77. The third-order valence-electron chi connectivity index (χ3n) is 4.87. The molecule has 1 unspecified atom stereocenters. The van der Waals surface area contributed by atoms with Crippen LogP contribution in [0.1, 0.15) is 39.4 Å². The van der Waals surface area contributed by atoms with Crippen molar-refractivity contribution in [2.24, 2.45) is 0 Å². The van der Waals surface area contributed by atoms with Gasteiger partial charge in [0.05, 0.1) is 13.0 Å². The molecule has 1 amide bonds. The first-order chi connectivity index (χ1) is 13.3. The molecule has 3 rings (SSSR count). The topological polar surface area (TPSA) is 46.6 Å². The number of fused-ring (bicyclic) bond motifs is 1. The van der Waals surface area contributed by atoms with Crippen LogP contribution in [0, 0.1) is 0 Å². The number of alkyl halides is 3. The molecule has 0 saturated carbocycles. The maximum absolute atomic E-state index is 12.9. The highest BCUT2D eigenvalue weighted by atomic mass is 19.4. The third kappa shape index (κ3) is 4.52. The Morgan fingerprint density at radius 3 is 2.43 bits per heavy atom. The lowest BCUT2D eigenvalue weighted by Gasteiger charge is -2.33. The molecule has 1 atom stereocenters. The highest BCUT2D eigenvalue weighted by molar-refractivity contribution is 5.95. The largest absolute Gasteiger partial charge is 0.468 e. The SMILES string of the molecule is COC(=O)C1CN(C(=O)c2ccc(CCC(F)(F)F)cc2)Cc2ccccc21. The average Bonchev–Trinajstić information content (AvgIpc) is 2.70. The van der Waals surface area contributed by atoms with E-state index in [1.807, 2.05) is 24.3 Å². The summed E-state index contributed by atoms with van der Waals surface area (Å²) in [6.07, 6.45) is -5.23. The van der Waals surface area contributed by atoms with Crippen LogP contribution in [-0.2, 0) is 22.5 Å². The molecule has 0 radical (unpaired) electrons. The Labute approximate surface area is 160 Å². The molecule has 1 aliphatic heterocycles. The van der Waals surface area contributed by atoms with Gasteiger partial charge < -0.3 is 9.64 Å². The number of carbonyl (C=O) groups is 2. The summed E-state index contributed by atoms with van der Waals surface area (Å²) < 4.78 is 41.9. The van der Waals surface area contributed by atoms with Crippen molar-refractivity contribution in [2.45, 2.75) is 31.5 Å². The van der Waals surface area contributed by atoms with Crippen LogP contribution >= 0.6 is 0 Å². The van der Waals surface area contributed by atoms with Gasteiger partial charge in [0.1, 0.15) is 0 Å². The zero-order valence-corrected chi connectivity index (χ0v) is 15.3. The van der Waals surface area contributed by atoms with Gasteiger partial charge in [-0.15, -0.1) is 0 Å². The van der Waals surface area contributed by atoms with Crippen LogP contribution in [0.5, 0.6) is 0 Å². The minimum Gasteiger partial charge on any atom is -0.468 e. The Balaban J connectivity index is 1.76. The molecule has 0 saturated heterocycles. The number of esters is 1. The first kappa shape index (κ1) is 19.9. The van der Waals surface area contributed by atoms with Gasteiger partial charge in [-0.2, -0.15) is 13.2 Å². The number of benzene rings is 2. The molecule has 28 heavy (non-hydrogen) atoms. The highest BCUT2D eigenvalue weighted by Gasteiger charge is 2.33. The van der Waals surface area contributed by atoms with E-state index in [0.29, 0.717) is 17.7 Å². The standard InChI is InChI=1S/C21H20F3NO3/c1-28-20(27)18-13-25(12-16-4-2-3-5-17(16)18)19(26)15-8-6-14(7-9-15)10-11-21(22,23)24/h2-9,18H,10-13H2,1H3. The van der Waals surface area contributed by atoms with E-state index in [-0.39, 0.29) is 18.9 Å². The molecular weight excluding hydrogens is 371 g/mol. The number of hydrogen-bond donors (Lipinski definition) is 0. The first-order valence-electron chi connectivity index (χ1n) is 8.89. The van der Waals surface area contributed by atoms with Crippen molar-refractivity contribution in [3.05, 3.63) is 70.8 Å². The third-order valence-corrected chi connectivity index (χ3v) is 4.87. The van der Waals surface area contributed by atoms with Crippen LogP contribution in [0.15, 0.2) is 48.5 Å². The minimum absolute atomic E-state index is 0.126. The molecule has 0 aliphatic carbocycles. The summed E-state index contributed by atoms with van der Waals surface area (Å²) in [6.45, 7) is 0.552. The van der Waals surface area contributed by atoms with Crippen molar-refractivity contribution in [3.8, 4) is 0 Å². The number of methoxy groups -OCH3 is 1. The zero-order chi connectivity index (χ0) is 20.3. The number of amides is 1. The maximum atomic E-state index is 12.9. The number of aryl methyl sites for hydroxylation is 1. The quantitative estimate of drug-likeness (QED) is 0.738. The van der Waals surface area contributed by atoms with Crippen LogP contribution in [0.4, 0.5) is 13.2 Å². The van der Waals surface area contributed by atoms with Gasteiger partial charge >= 0.3 is 12.1 Å². The van der Waals surface area contributed by atoms with Crippen molar-refractivity contribution >= 4 is 11.9 Å². The second kappa shape index (κ2) is 8.04. The molecule has 0 spiro atoms. The molecule has 1 heterocycles. The Morgan fingerprint density at radius 2 is 1.79 bits per heavy atom. The van der Waals surface area contributed by atoms with Gasteiger partial charge in [-0.25, -0.2) is 0 Å². The van der Waals surface area contributed by atoms with E-state index in [1.165, 1.54) is 31.4 Å². The predicted octanol–water partition coefficient (Wildman–Crippen LogP) is 4.09. The summed E-state index contributed by atoms with van der Waals surface area (Å²) >= 11 is 0. The molecule has 0 N–H and O–H groups in total. The van der Waals surface area contributed by atoms with Gasteiger partial charge in [-0.3, -0.25) is 9.59 Å². The maximum Gasteiger partial charge on any atom is 0.389 e. The summed E-state index contributed by atoms with van der Waals surface area (Å²) in [4.78, 5) is 26.6. The van der Waals surface area contributed by atoms with Gasteiger partial charge in [-0.1, -0.05) is 36.4 Å². The predicted molar refractivity (Wildman–Crippen MR) is 96.8 cm³/mol. The van der Waals surface area contributed by atoms with Gasteiger partial charge in [0, 0.05) is 25.1 Å². The fraction of sp³-hybridized carbons (Fsp3) is 0.333. The van der Waals surface area contributed by atoms with E-state index >= 15 is 0 Å². The number of hydrogen-bond acceptors (Lipinski definition) is 3. The molecule has 0 aromatic heterocycles. The monoisotopic (exact) mass is 391 g/mol. The van der Waals surface area contributed by atoms with E-state index in [2.05, 4.69) is 0 Å². The van der Waals surface area contributed by atoms with Crippen LogP contribution in [0.2, 0.25) is 0 Å². The molecule has 0 bridgehead atoms. The van der Waals surface area contributed by atoms with E-state index in [1.54, 1.807) is 4.90 Å². The van der Waals surface area contributed by atoms with Crippen molar-refractivity contribution in [3.63, 3.8) is 0 Å². The molecule has 2 aromatic carbocycles. The molecule has 0 fully saturated rings. The minimum atomic E-state index is -4.21. The summed E-state index contributed by atoms with van der Waals surface area (Å²) in [5, 5.41) is 0. The van der Waals surface area contributed by atoms with Gasteiger partial charge in [0.2, 0.25) is 0 Å². The van der Waals surface area contributed by atoms with Gasteiger partial charge in [0.25, 0.3) is 5.91 Å². The van der Waals surface area contributed by atoms with Crippen molar-refractivity contribution in [2.75, 3.05) is 13.7 Å². The van der Waals surface area contributed by atoms with Gasteiger partial charge in [-0.05, 0) is 35.2 Å². The lowest BCUT2D eigenvalue weighted by atomic mass is 9.89. The molecule has 2 aromatic rings. The molecule has 1 aliphatic rings. The van der Waals surface area contributed by atoms with E-state index in [9.17, 15) is 22.8 Å². The number of nitrogens with zero attached hydrogens (tertiary/aromatic N) is 1. The van der Waals surface area contributed by atoms with Crippen molar-refractivity contribution in [1.82, 2.24) is 4.90 Å². The van der Waals surface area contributed by atoms with Crippen LogP contribution < -0.4 is 0 Å². The van der Waals surface area contributed by atoms with Crippen LogP contribution in [0.3, 0.4) is 0 Å². The lowest BCUT2D eigenvalue weighted by molar-refractivity contribution is -0.143. The normalized spacial score (nSPS) is 16.4. The lowest BCUT2D eigenvalue weighted by Crippen LogP contribution is -2.40. The van der Waals surface area contributed by atoms with Crippen molar-refractivity contribution < 1.29 is 27.5 Å². The Kier molecular flexibility index (Phi) is 5.72. The van der Waals surface area contributed by atoms with E-state index in [4.69, 9.17) is 4.74 Å². The second-order valence-corrected chi connectivity index (χ2v) is 6.77. The highest BCUT2D eigenvalue weighted by Crippen LogP contribution is 2.30. The Bertz CT molecular complexity index is 862. The Morgan fingerprint density at radius 1 is 1.11 bits per heavy atom. The summed E-state index contributed by atoms with van der Waals surface area (Å²) in [5.74, 6) is -1.25. The molecule has 4 nitrogen and oxygen atoms in total. The zero-order valence-electron chi connectivity index (χ0n) is 15.3. The molecule has 148 valence electrons. The fourth-order valence-electron chi connectivity index (χ4n) is 3.39. The Hall–Kier alpha value is -2.83. The molecule has 7 heteroatoms. The van der Waals surface area contributed by atoms with Crippen LogP contribution in [0.25, 0.3) is 0 Å². The first-order valence-corrected chi connectivity index (χ1v) is 8.89. The summed E-state index contributed by atoms with van der Waals surface area (Å²) in [6, 6.07) is 13.5. The van der Waals surface area contributed by atoms with Gasteiger partial charge in [0.15, 0.2) is 0 Å². The smallest absolute Gasteiger partial charge is 0.389 e. The van der Waals surface area contributed by atoms with Crippen LogP contribution in [-0.4, -0.2) is 36.6 Å².